The van der Waals surface area contributed by atoms with Crippen LogP contribution in [0.4, 0.5) is 22.7 Å². The summed E-state index contributed by atoms with van der Waals surface area (Å²) in [5.74, 6) is 0. The number of nitrogens with zero attached hydrogens (tertiary/aromatic N) is 1. The van der Waals surface area contributed by atoms with E-state index in [9.17, 15) is 0 Å². The molecule has 1 atom stereocenters. The molecule has 5 aromatic rings. The molecule has 53 heavy (non-hydrogen) atoms. The van der Waals surface area contributed by atoms with Crippen LogP contribution in [0.15, 0.2) is 115 Å². The first-order valence-corrected chi connectivity index (χ1v) is 20.8. The molecule has 2 heteroatoms. The second-order valence-electron chi connectivity index (χ2n) is 15.6. The lowest BCUT2D eigenvalue weighted by atomic mass is 9.80. The first kappa shape index (κ1) is 39.9. The minimum atomic E-state index is -0.0592. The molecule has 0 bridgehead atoms. The Morgan fingerprint density at radius 3 is 1.75 bits per heavy atom. The summed E-state index contributed by atoms with van der Waals surface area (Å²) in [6.45, 7) is 13.6. The molecule has 0 radical (unpaired) electrons. The molecule has 0 fully saturated rings. The van der Waals surface area contributed by atoms with Crippen molar-refractivity contribution in [3.63, 3.8) is 0 Å². The first-order valence-electron chi connectivity index (χ1n) is 20.8. The van der Waals surface area contributed by atoms with Crippen LogP contribution in [0, 0.1) is 20.8 Å². The van der Waals surface area contributed by atoms with Crippen molar-refractivity contribution in [3.8, 4) is 0 Å². The highest BCUT2D eigenvalue weighted by Gasteiger charge is 2.31. The number of anilines is 4. The van der Waals surface area contributed by atoms with Gasteiger partial charge in [0.15, 0.2) is 0 Å². The fourth-order valence-electron chi connectivity index (χ4n) is 8.06. The Morgan fingerprint density at radius 2 is 1.11 bits per heavy atom. The minimum Gasteiger partial charge on any atom is -0.375 e. The molecule has 0 aromatic heterocycles. The predicted molar refractivity (Wildman–Crippen MR) is 232 cm³/mol. The topological polar surface area (TPSA) is 15.3 Å². The van der Waals surface area contributed by atoms with E-state index in [-0.39, 0.29) is 5.54 Å². The average molecular weight is 707 g/mol. The fraction of sp³-hybridized carbons (Fsp3) is 0.412. The van der Waals surface area contributed by atoms with Crippen LogP contribution >= 0.6 is 0 Å². The van der Waals surface area contributed by atoms with Gasteiger partial charge in [-0.1, -0.05) is 157 Å². The van der Waals surface area contributed by atoms with Gasteiger partial charge in [0.25, 0.3) is 0 Å². The Kier molecular flexibility index (Phi) is 15.2. The maximum absolute atomic E-state index is 4.07. The van der Waals surface area contributed by atoms with Gasteiger partial charge in [-0.25, -0.2) is 0 Å². The Labute approximate surface area is 323 Å². The summed E-state index contributed by atoms with van der Waals surface area (Å²) in [6.07, 6.45) is 17.0. The van der Waals surface area contributed by atoms with Crippen molar-refractivity contribution in [1.29, 1.82) is 0 Å². The van der Waals surface area contributed by atoms with Gasteiger partial charge in [0.05, 0.1) is 5.54 Å². The number of hydrogen-bond acceptors (Lipinski definition) is 2. The molecule has 0 saturated heterocycles. The van der Waals surface area contributed by atoms with Crippen molar-refractivity contribution in [3.05, 3.63) is 154 Å². The summed E-state index contributed by atoms with van der Waals surface area (Å²) in [5.41, 5.74) is 14.4. The predicted octanol–water partition coefficient (Wildman–Crippen LogP) is 15.1. The third kappa shape index (κ3) is 11.1. The van der Waals surface area contributed by atoms with Crippen LogP contribution in [0.2, 0.25) is 0 Å². The number of unbranched alkanes of at least 4 members (excludes halogenated alkanes) is 6. The van der Waals surface area contributed by atoms with Crippen LogP contribution in [-0.2, 0) is 24.8 Å². The Hall–Kier alpha value is -4.30. The fourth-order valence-corrected chi connectivity index (χ4v) is 8.06. The Bertz CT molecular complexity index is 1800. The number of nitrogens with one attached hydrogen (secondary N) is 1. The third-order valence-electron chi connectivity index (χ3n) is 11.1. The maximum atomic E-state index is 4.07. The lowest BCUT2D eigenvalue weighted by molar-refractivity contribution is 0.396. The van der Waals surface area contributed by atoms with E-state index in [2.05, 4.69) is 167 Å². The van der Waals surface area contributed by atoms with Crippen LogP contribution in [0.1, 0.15) is 130 Å². The number of rotatable bonds is 21. The molecule has 0 heterocycles. The molecule has 0 amide bonds. The number of aryl methyl sites for hydroxylation is 6. The monoisotopic (exact) mass is 707 g/mol. The molecule has 2 nitrogen and oxygen atoms in total. The minimum absolute atomic E-state index is 0.0592. The van der Waals surface area contributed by atoms with Crippen LogP contribution in [0.3, 0.4) is 0 Å². The summed E-state index contributed by atoms with van der Waals surface area (Å²) in [5, 5.41) is 4.07. The van der Waals surface area contributed by atoms with Crippen LogP contribution in [-0.4, -0.2) is 0 Å². The van der Waals surface area contributed by atoms with E-state index in [1.165, 1.54) is 119 Å². The molecule has 280 valence electrons. The number of hydrogen-bond donors (Lipinski definition) is 1. The number of para-hydroxylation sites is 1. The summed E-state index contributed by atoms with van der Waals surface area (Å²) < 4.78 is 0. The lowest BCUT2D eigenvalue weighted by Gasteiger charge is -2.37. The van der Waals surface area contributed by atoms with Crippen molar-refractivity contribution in [1.82, 2.24) is 0 Å². The Balaban J connectivity index is 1.28. The van der Waals surface area contributed by atoms with Crippen molar-refractivity contribution in [2.45, 2.75) is 137 Å². The van der Waals surface area contributed by atoms with Gasteiger partial charge in [-0.2, -0.15) is 0 Å². The SMILES string of the molecule is CCCCCCCCc1ccc(N(c2ccccc2)c2ccc(CCc3ccc(C(CCC)(CCCC)Nc4ccc(C)cc4C)cc3)cc2)c(C)c1. The normalized spacial score (nSPS) is 12.4. The van der Waals surface area contributed by atoms with E-state index in [1.807, 2.05) is 0 Å². The summed E-state index contributed by atoms with van der Waals surface area (Å²) >= 11 is 0. The Morgan fingerprint density at radius 1 is 0.491 bits per heavy atom. The number of benzene rings is 5. The van der Waals surface area contributed by atoms with Gasteiger partial charge in [-0.15, -0.1) is 0 Å². The zero-order chi connectivity index (χ0) is 37.5. The van der Waals surface area contributed by atoms with Gasteiger partial charge in [-0.05, 0) is 129 Å². The average Bonchev–Trinajstić information content (AvgIpc) is 3.17. The molecule has 0 aliphatic carbocycles. The third-order valence-corrected chi connectivity index (χ3v) is 11.1. The molecule has 0 saturated carbocycles. The standard InChI is InChI=1S/C51H66N2/c1-7-10-12-13-14-16-19-45-29-35-50(42(6)39-45)53(47-20-17-15-18-21-47)48-32-27-44(28-33-48)24-23-43-25-30-46(31-26-43)51(36-9-3,37-11-8-2)52-49-34-22-40(4)38-41(49)5/h15,17-18,20-22,25-35,38-39,52H,7-14,16,19,23-24,36-37H2,1-6H3. The van der Waals surface area contributed by atoms with Crippen molar-refractivity contribution in [2.24, 2.45) is 0 Å². The molecule has 1 N–H and O–H groups in total. The molecule has 0 spiro atoms. The highest BCUT2D eigenvalue weighted by molar-refractivity contribution is 5.78. The zero-order valence-corrected chi connectivity index (χ0v) is 33.8. The molecule has 1 unspecified atom stereocenters. The highest BCUT2D eigenvalue weighted by atomic mass is 15.1. The van der Waals surface area contributed by atoms with E-state index in [1.54, 1.807) is 0 Å². The van der Waals surface area contributed by atoms with Gasteiger partial charge >= 0.3 is 0 Å². The summed E-state index contributed by atoms with van der Waals surface area (Å²) in [7, 11) is 0. The van der Waals surface area contributed by atoms with Gasteiger partial charge in [0, 0.05) is 22.7 Å². The second kappa shape index (κ2) is 20.2. The van der Waals surface area contributed by atoms with Crippen LogP contribution in [0.25, 0.3) is 0 Å². The lowest BCUT2D eigenvalue weighted by Crippen LogP contribution is -2.35. The van der Waals surface area contributed by atoms with Gasteiger partial charge in [-0.3, -0.25) is 0 Å². The van der Waals surface area contributed by atoms with Gasteiger partial charge < -0.3 is 10.2 Å². The van der Waals surface area contributed by atoms with E-state index in [4.69, 9.17) is 0 Å². The van der Waals surface area contributed by atoms with E-state index < -0.39 is 0 Å². The molecule has 0 aliphatic heterocycles. The molecule has 5 rings (SSSR count). The maximum Gasteiger partial charge on any atom is 0.0625 e. The molecular weight excluding hydrogens is 641 g/mol. The molecule has 0 aliphatic rings. The second-order valence-corrected chi connectivity index (χ2v) is 15.6. The molecular formula is C51H66N2. The van der Waals surface area contributed by atoms with Gasteiger partial charge in [0.1, 0.15) is 0 Å². The van der Waals surface area contributed by atoms with Crippen molar-refractivity contribution >= 4 is 22.7 Å². The van der Waals surface area contributed by atoms with Crippen molar-refractivity contribution < 1.29 is 0 Å². The first-order chi connectivity index (χ1) is 25.9. The van der Waals surface area contributed by atoms with Crippen LogP contribution in [0.5, 0.6) is 0 Å². The smallest absolute Gasteiger partial charge is 0.0625 e. The van der Waals surface area contributed by atoms with E-state index in [0.29, 0.717) is 0 Å². The molecule has 5 aromatic carbocycles. The van der Waals surface area contributed by atoms with Crippen LogP contribution < -0.4 is 10.2 Å². The van der Waals surface area contributed by atoms with Crippen molar-refractivity contribution in [2.75, 3.05) is 10.2 Å². The largest absolute Gasteiger partial charge is 0.375 e. The summed E-state index contributed by atoms with van der Waals surface area (Å²) in [4.78, 5) is 2.42. The highest BCUT2D eigenvalue weighted by Crippen LogP contribution is 2.39. The van der Waals surface area contributed by atoms with Gasteiger partial charge in [0.2, 0.25) is 0 Å². The summed E-state index contributed by atoms with van der Waals surface area (Å²) in [6, 6.07) is 43.5. The quantitative estimate of drug-likeness (QED) is 0.0764. The van der Waals surface area contributed by atoms with E-state index in [0.717, 1.165) is 32.1 Å². The zero-order valence-electron chi connectivity index (χ0n) is 33.8. The van der Waals surface area contributed by atoms with E-state index >= 15 is 0 Å².